The molecule has 4 aromatic rings. The van der Waals surface area contributed by atoms with E-state index in [4.69, 9.17) is 29.0 Å². The van der Waals surface area contributed by atoms with E-state index >= 15 is 0 Å². The average Bonchev–Trinajstić information content (AvgIpc) is 3.47. The summed E-state index contributed by atoms with van der Waals surface area (Å²) >= 11 is 11.2. The molecule has 3 aromatic carbocycles. The van der Waals surface area contributed by atoms with Crippen LogP contribution in [0.1, 0.15) is 52.5 Å². The normalized spacial score (nSPS) is 20.7. The van der Waals surface area contributed by atoms with Gasteiger partial charge in [0.05, 0.1) is 24.7 Å². The predicted octanol–water partition coefficient (Wildman–Crippen LogP) is 5.85. The number of para-hydroxylation sites is 1. The fraction of sp³-hybridized carbons (Fsp3) is 0.405. The third kappa shape index (κ3) is 8.81. The molecule has 0 aliphatic carbocycles. The van der Waals surface area contributed by atoms with Gasteiger partial charge in [0.1, 0.15) is 29.3 Å². The lowest BCUT2D eigenvalue weighted by molar-refractivity contribution is -0.137. The fourth-order valence-corrected chi connectivity index (χ4v) is 10.4. The Hall–Kier alpha value is -4.66. The number of hydrogen-bond donors (Lipinski definition) is 4. The van der Waals surface area contributed by atoms with Crippen LogP contribution in [0.3, 0.4) is 0 Å². The van der Waals surface area contributed by atoms with E-state index < -0.39 is 24.5 Å². The summed E-state index contributed by atoms with van der Waals surface area (Å²) < 4.78 is 18.7. The Morgan fingerprint density at radius 1 is 0.932 bits per heavy atom. The molecule has 3 fully saturated rings. The van der Waals surface area contributed by atoms with Gasteiger partial charge in [0.15, 0.2) is 5.82 Å². The van der Waals surface area contributed by atoms with Gasteiger partial charge in [-0.2, -0.15) is 4.98 Å². The zero-order valence-corrected chi connectivity index (χ0v) is 35.9. The molecule has 4 aliphatic rings. The molecule has 0 bridgehead atoms. The number of benzene rings is 3. The highest BCUT2D eigenvalue weighted by atomic mass is 35.5. The highest BCUT2D eigenvalue weighted by Gasteiger charge is 2.43. The van der Waals surface area contributed by atoms with E-state index in [1.807, 2.05) is 48.5 Å². The molecule has 0 saturated carbocycles. The Bertz CT molecular complexity index is 2310. The smallest absolute Gasteiger partial charge is 0.256 e. The lowest BCUT2D eigenvalue weighted by Gasteiger charge is -2.43. The molecule has 2 atom stereocenters. The lowest BCUT2D eigenvalue weighted by atomic mass is 10.0. The topological polar surface area (TPSA) is 152 Å². The standard InChI is InChI=1S/C42H49ClN9O5PS/c1-57-35-23-28(9-11-32(35)46-42-44-24-31(43)38(48-42)45-33-6-4-5-7-36(33)58(2,3)56)50-16-14-27(15-17-50)51-20-18-49(19-21-51)25-26-8-10-29-30(22-26)40(55)52(41(29)59)34-12-13-37(53)47-39(34)54/h4-11,22-24,27,34,41,59H,12-21,25H2,1-3H3,(H,47,53,54)(H2,44,45,46,48). The summed E-state index contributed by atoms with van der Waals surface area (Å²) in [5.74, 6) is 0.454. The van der Waals surface area contributed by atoms with Crippen LogP contribution in [0.15, 0.2) is 66.9 Å². The SMILES string of the molecule is COc1cc(N2CCC(N3CCN(Cc4ccc5c(c4)C(=O)N(C4CCC(=O)NC4=O)C5S)CC3)CC2)ccc1Nc1ncc(Cl)c(Nc2ccccc2P(C)(C)=O)n1. The van der Waals surface area contributed by atoms with E-state index in [1.165, 1.54) is 11.1 Å². The van der Waals surface area contributed by atoms with Crippen LogP contribution < -0.4 is 30.9 Å². The van der Waals surface area contributed by atoms with Crippen molar-refractivity contribution in [1.82, 2.24) is 30.0 Å². The van der Waals surface area contributed by atoms with Crippen LogP contribution in [-0.2, 0) is 20.7 Å². The molecule has 310 valence electrons. The number of halogens is 1. The van der Waals surface area contributed by atoms with Crippen molar-refractivity contribution in [3.8, 4) is 5.75 Å². The maximum absolute atomic E-state index is 13.5. The second-order valence-corrected chi connectivity index (χ2v) is 20.0. The zero-order chi connectivity index (χ0) is 41.4. The molecule has 14 nitrogen and oxygen atoms in total. The minimum atomic E-state index is -2.55. The molecule has 3 amide bonds. The summed E-state index contributed by atoms with van der Waals surface area (Å²) in [5.41, 5.74) is 4.94. The maximum atomic E-state index is 13.5. The minimum absolute atomic E-state index is 0.209. The number of amides is 3. The van der Waals surface area contributed by atoms with Gasteiger partial charge in [-0.25, -0.2) is 4.98 Å². The molecule has 4 aliphatic heterocycles. The summed E-state index contributed by atoms with van der Waals surface area (Å²) in [6.07, 6.45) is 4.17. The van der Waals surface area contributed by atoms with E-state index in [0.29, 0.717) is 51.6 Å². The lowest BCUT2D eigenvalue weighted by Crippen LogP contribution is -2.53. The average molecular weight is 858 g/mol. The van der Waals surface area contributed by atoms with Gasteiger partial charge in [-0.05, 0) is 74.1 Å². The first-order chi connectivity index (χ1) is 28.4. The number of nitrogens with one attached hydrogen (secondary N) is 3. The van der Waals surface area contributed by atoms with Crippen molar-refractivity contribution in [2.75, 3.05) is 75.2 Å². The number of carbonyl (C=O) groups excluding carboxylic acids is 3. The Morgan fingerprint density at radius 3 is 2.42 bits per heavy atom. The molecule has 0 radical (unpaired) electrons. The first-order valence-electron chi connectivity index (χ1n) is 19.9. The molecular weight excluding hydrogens is 809 g/mol. The molecule has 2 unspecified atom stereocenters. The van der Waals surface area contributed by atoms with Crippen molar-refractivity contribution in [1.29, 1.82) is 0 Å². The molecule has 3 saturated heterocycles. The largest absolute Gasteiger partial charge is 0.494 e. The van der Waals surface area contributed by atoms with Gasteiger partial charge in [-0.1, -0.05) is 35.9 Å². The second-order valence-electron chi connectivity index (χ2n) is 15.9. The number of nitrogens with zero attached hydrogens (tertiary/aromatic N) is 6. The summed E-state index contributed by atoms with van der Waals surface area (Å²) in [6, 6.07) is 19.3. The van der Waals surface area contributed by atoms with Crippen molar-refractivity contribution in [3.05, 3.63) is 88.6 Å². The highest BCUT2D eigenvalue weighted by Crippen LogP contribution is 2.41. The van der Waals surface area contributed by atoms with Crippen molar-refractivity contribution in [2.45, 2.75) is 49.7 Å². The van der Waals surface area contributed by atoms with Crippen LogP contribution in [0.2, 0.25) is 5.02 Å². The van der Waals surface area contributed by atoms with Gasteiger partial charge in [-0.15, -0.1) is 12.6 Å². The Balaban J connectivity index is 0.833. The number of piperazine rings is 1. The summed E-state index contributed by atoms with van der Waals surface area (Å²) in [7, 11) is -0.903. The maximum Gasteiger partial charge on any atom is 0.256 e. The van der Waals surface area contributed by atoms with Crippen LogP contribution in [-0.4, -0.2) is 114 Å². The monoisotopic (exact) mass is 857 g/mol. The van der Waals surface area contributed by atoms with Crippen LogP contribution in [0.5, 0.6) is 5.75 Å². The highest BCUT2D eigenvalue weighted by molar-refractivity contribution is 7.80. The van der Waals surface area contributed by atoms with E-state index in [2.05, 4.69) is 52.8 Å². The number of piperidine rings is 2. The number of carbonyl (C=O) groups is 3. The van der Waals surface area contributed by atoms with Gasteiger partial charge in [0, 0.05) is 80.9 Å². The molecule has 0 spiro atoms. The molecule has 1 aromatic heterocycles. The number of imide groups is 1. The number of hydrogen-bond acceptors (Lipinski definition) is 13. The molecule has 17 heteroatoms. The van der Waals surface area contributed by atoms with Crippen molar-refractivity contribution in [2.24, 2.45) is 0 Å². The Morgan fingerprint density at radius 2 is 1.69 bits per heavy atom. The van der Waals surface area contributed by atoms with Gasteiger partial charge in [0.25, 0.3) is 5.91 Å². The molecule has 5 heterocycles. The van der Waals surface area contributed by atoms with Crippen LogP contribution in [0.4, 0.5) is 28.8 Å². The Kier molecular flexibility index (Phi) is 11.9. The molecule has 3 N–H and O–H groups in total. The van der Waals surface area contributed by atoms with E-state index in [9.17, 15) is 18.9 Å². The summed E-state index contributed by atoms with van der Waals surface area (Å²) in [6.45, 7) is 9.93. The second kappa shape index (κ2) is 17.1. The van der Waals surface area contributed by atoms with E-state index in [-0.39, 0.29) is 18.2 Å². The first kappa shape index (κ1) is 41.1. The number of methoxy groups -OCH3 is 1. The first-order valence-corrected chi connectivity index (χ1v) is 23.4. The number of anilines is 5. The van der Waals surface area contributed by atoms with Gasteiger partial charge < -0.3 is 29.7 Å². The number of thiol groups is 1. The third-order valence-corrected chi connectivity index (χ3v) is 14.1. The summed E-state index contributed by atoms with van der Waals surface area (Å²) in [4.78, 5) is 55.7. The van der Waals surface area contributed by atoms with Crippen LogP contribution in [0, 0.1) is 0 Å². The van der Waals surface area contributed by atoms with Crippen LogP contribution in [0.25, 0.3) is 0 Å². The number of fused-ring (bicyclic) bond motifs is 1. The van der Waals surface area contributed by atoms with Crippen molar-refractivity contribution in [3.63, 3.8) is 0 Å². The molecule has 8 rings (SSSR count). The predicted molar refractivity (Wildman–Crippen MR) is 235 cm³/mol. The molecular formula is C42H49ClN9O5PS. The quantitative estimate of drug-likeness (QED) is 0.0814. The number of aromatic nitrogens is 2. The third-order valence-electron chi connectivity index (χ3n) is 11.7. The van der Waals surface area contributed by atoms with Gasteiger partial charge >= 0.3 is 0 Å². The fourth-order valence-electron chi connectivity index (χ4n) is 8.60. The van der Waals surface area contributed by atoms with Crippen LogP contribution >= 0.6 is 31.4 Å². The number of rotatable bonds is 11. The summed E-state index contributed by atoms with van der Waals surface area (Å²) in [5, 5.41) is 9.42. The van der Waals surface area contributed by atoms with Crippen molar-refractivity contribution >= 4 is 83.2 Å². The van der Waals surface area contributed by atoms with Gasteiger partial charge in [-0.3, -0.25) is 29.5 Å². The zero-order valence-electron chi connectivity index (χ0n) is 33.4. The Labute approximate surface area is 354 Å². The number of ether oxygens (including phenoxy) is 1. The van der Waals surface area contributed by atoms with Crippen molar-refractivity contribution < 1.29 is 23.7 Å². The van der Waals surface area contributed by atoms with E-state index in [0.717, 1.165) is 81.2 Å². The van der Waals surface area contributed by atoms with Gasteiger partial charge in [0.2, 0.25) is 17.8 Å². The van der Waals surface area contributed by atoms with E-state index in [1.54, 1.807) is 20.4 Å². The minimum Gasteiger partial charge on any atom is -0.494 e. The molecule has 59 heavy (non-hydrogen) atoms.